The zero-order valence-corrected chi connectivity index (χ0v) is 12.1. The van der Waals surface area contributed by atoms with Crippen LogP contribution in [0, 0.1) is 17.3 Å². The number of ketones is 1. The molecule has 0 spiro atoms. The Morgan fingerprint density at radius 2 is 2.06 bits per heavy atom. The van der Waals surface area contributed by atoms with Gasteiger partial charge in [-0.25, -0.2) is 0 Å². The molecule has 0 amide bonds. The van der Waals surface area contributed by atoms with Crippen LogP contribution < -0.4 is 0 Å². The summed E-state index contributed by atoms with van der Waals surface area (Å²) in [6.07, 6.45) is 4.50. The number of Topliss-reactive ketones (excluding diaryl/α,β-unsaturated/α-hetero) is 1. The van der Waals surface area contributed by atoms with E-state index in [1.807, 2.05) is 13.8 Å². The highest BCUT2D eigenvalue weighted by Crippen LogP contribution is 2.43. The molecule has 0 heterocycles. The fourth-order valence-electron chi connectivity index (χ4n) is 2.80. The van der Waals surface area contributed by atoms with Gasteiger partial charge in [0.15, 0.2) is 0 Å². The second-order valence-electron chi connectivity index (χ2n) is 5.88. The molecule has 0 unspecified atom stereocenters. The number of hydrogen-bond donors (Lipinski definition) is 0. The first-order valence-electron chi connectivity index (χ1n) is 6.54. The molecule has 0 aromatic carbocycles. The zero-order valence-electron chi connectivity index (χ0n) is 12.1. The van der Waals surface area contributed by atoms with Gasteiger partial charge in [0.2, 0.25) is 0 Å². The van der Waals surface area contributed by atoms with Crippen molar-refractivity contribution in [3.05, 3.63) is 11.6 Å². The summed E-state index contributed by atoms with van der Waals surface area (Å²) in [7, 11) is 1.41. The number of esters is 1. The Morgan fingerprint density at radius 1 is 1.44 bits per heavy atom. The molecule has 3 nitrogen and oxygen atoms in total. The molecule has 0 N–H and O–H groups in total. The highest BCUT2D eigenvalue weighted by molar-refractivity contribution is 5.82. The summed E-state index contributed by atoms with van der Waals surface area (Å²) in [4.78, 5) is 23.3. The van der Waals surface area contributed by atoms with Crippen LogP contribution in [0.25, 0.3) is 0 Å². The number of carbonyl (C=O) groups excluding carboxylic acids is 2. The molecule has 0 aromatic heterocycles. The van der Waals surface area contributed by atoms with Crippen LogP contribution >= 0.6 is 0 Å². The fraction of sp³-hybridized carbons (Fsp3) is 0.733. The first kappa shape index (κ1) is 14.9. The van der Waals surface area contributed by atoms with Crippen LogP contribution in [0.15, 0.2) is 11.6 Å². The van der Waals surface area contributed by atoms with Gasteiger partial charge in [0.25, 0.3) is 0 Å². The third-order valence-corrected chi connectivity index (χ3v) is 4.33. The number of carbonyl (C=O) groups is 2. The lowest BCUT2D eigenvalue weighted by Gasteiger charge is -2.39. The van der Waals surface area contributed by atoms with Crippen LogP contribution in [0.3, 0.4) is 0 Å². The Labute approximate surface area is 110 Å². The van der Waals surface area contributed by atoms with E-state index in [0.29, 0.717) is 6.42 Å². The van der Waals surface area contributed by atoms with Crippen molar-refractivity contribution >= 4 is 11.8 Å². The van der Waals surface area contributed by atoms with E-state index < -0.39 is 0 Å². The van der Waals surface area contributed by atoms with Crippen LogP contribution in [0.1, 0.15) is 47.0 Å². The first-order valence-corrected chi connectivity index (χ1v) is 6.54. The Kier molecular flexibility index (Phi) is 4.71. The van der Waals surface area contributed by atoms with Gasteiger partial charge in [-0.05, 0) is 38.5 Å². The molecule has 3 heteroatoms. The van der Waals surface area contributed by atoms with Gasteiger partial charge in [0.05, 0.1) is 13.5 Å². The van der Waals surface area contributed by atoms with Crippen molar-refractivity contribution < 1.29 is 14.3 Å². The Balaban J connectivity index is 2.95. The minimum atomic E-state index is -0.379. The van der Waals surface area contributed by atoms with Gasteiger partial charge in [0, 0.05) is 5.41 Å². The van der Waals surface area contributed by atoms with E-state index in [4.69, 9.17) is 4.74 Å². The van der Waals surface area contributed by atoms with E-state index in [-0.39, 0.29) is 29.0 Å². The lowest BCUT2D eigenvalue weighted by atomic mass is 9.64. The lowest BCUT2D eigenvalue weighted by Crippen LogP contribution is -2.38. The first-order chi connectivity index (χ1) is 8.28. The fourth-order valence-corrected chi connectivity index (χ4v) is 2.80. The van der Waals surface area contributed by atoms with Crippen LogP contribution in [0.2, 0.25) is 0 Å². The normalized spacial score (nSPS) is 24.4. The maximum absolute atomic E-state index is 11.8. The number of ether oxygens (including phenoxy) is 1. The summed E-state index contributed by atoms with van der Waals surface area (Å²) in [6, 6.07) is 0. The molecule has 1 rings (SSSR count). The molecule has 0 fully saturated rings. The van der Waals surface area contributed by atoms with Gasteiger partial charge in [-0.1, -0.05) is 25.5 Å². The zero-order chi connectivity index (χ0) is 13.9. The molecule has 0 saturated carbocycles. The maximum atomic E-state index is 11.8. The van der Waals surface area contributed by atoms with Crippen LogP contribution in [-0.2, 0) is 14.3 Å². The average molecular weight is 252 g/mol. The molecule has 0 aromatic rings. The Bertz CT molecular complexity index is 366. The predicted molar refractivity (Wildman–Crippen MR) is 71.1 cm³/mol. The van der Waals surface area contributed by atoms with Gasteiger partial charge < -0.3 is 4.74 Å². The van der Waals surface area contributed by atoms with Crippen LogP contribution in [-0.4, -0.2) is 18.9 Å². The molecule has 0 aliphatic heterocycles. The van der Waals surface area contributed by atoms with Crippen molar-refractivity contribution in [2.45, 2.75) is 47.0 Å². The van der Waals surface area contributed by atoms with Crippen molar-refractivity contribution in [2.75, 3.05) is 7.11 Å². The number of methoxy groups -OCH3 is 1. The third-order valence-electron chi connectivity index (χ3n) is 4.33. The summed E-state index contributed by atoms with van der Waals surface area (Å²) in [5.74, 6) is 0.327. The summed E-state index contributed by atoms with van der Waals surface area (Å²) < 4.78 is 4.76. The second-order valence-corrected chi connectivity index (χ2v) is 5.88. The molecule has 0 bridgehead atoms. The van der Waals surface area contributed by atoms with E-state index in [1.54, 1.807) is 6.92 Å². The van der Waals surface area contributed by atoms with E-state index in [0.717, 1.165) is 12.8 Å². The molecule has 0 radical (unpaired) electrons. The summed E-state index contributed by atoms with van der Waals surface area (Å²) in [5.41, 5.74) is 0.926. The van der Waals surface area contributed by atoms with Gasteiger partial charge in [-0.15, -0.1) is 0 Å². The minimum absolute atomic E-state index is 0.116. The highest BCUT2D eigenvalue weighted by atomic mass is 16.5. The van der Waals surface area contributed by atoms with Crippen LogP contribution in [0.4, 0.5) is 0 Å². The molecule has 102 valence electrons. The monoisotopic (exact) mass is 252 g/mol. The largest absolute Gasteiger partial charge is 0.469 e. The van der Waals surface area contributed by atoms with E-state index >= 15 is 0 Å². The van der Waals surface area contributed by atoms with E-state index in [2.05, 4.69) is 13.0 Å². The third kappa shape index (κ3) is 3.21. The van der Waals surface area contributed by atoms with Crippen molar-refractivity contribution in [2.24, 2.45) is 17.3 Å². The summed E-state index contributed by atoms with van der Waals surface area (Å²) in [6.45, 7) is 7.69. The second kappa shape index (κ2) is 5.68. The van der Waals surface area contributed by atoms with E-state index in [9.17, 15) is 9.59 Å². The van der Waals surface area contributed by atoms with Crippen molar-refractivity contribution in [3.8, 4) is 0 Å². The minimum Gasteiger partial charge on any atom is -0.469 e. The standard InChI is InChI=1S/C15H24O3/c1-10-6-7-13(15(3,4)11(2)16)12(8-10)9-14(17)18-5/h8,12-13H,6-7,9H2,1-5H3/t12-,13-/m1/s1. The summed E-state index contributed by atoms with van der Waals surface area (Å²) in [5, 5.41) is 0. The van der Waals surface area contributed by atoms with Crippen molar-refractivity contribution in [3.63, 3.8) is 0 Å². The van der Waals surface area contributed by atoms with Gasteiger partial charge in [0.1, 0.15) is 5.78 Å². The highest BCUT2D eigenvalue weighted by Gasteiger charge is 2.40. The number of hydrogen-bond acceptors (Lipinski definition) is 3. The Hall–Kier alpha value is -1.12. The molecule has 1 aliphatic carbocycles. The van der Waals surface area contributed by atoms with Crippen molar-refractivity contribution in [1.29, 1.82) is 0 Å². The number of rotatable bonds is 4. The quantitative estimate of drug-likeness (QED) is 0.570. The van der Waals surface area contributed by atoms with Crippen LogP contribution in [0.5, 0.6) is 0 Å². The van der Waals surface area contributed by atoms with Gasteiger partial charge in [-0.3, -0.25) is 9.59 Å². The molecule has 18 heavy (non-hydrogen) atoms. The van der Waals surface area contributed by atoms with E-state index in [1.165, 1.54) is 12.7 Å². The predicted octanol–water partition coefficient (Wildman–Crippen LogP) is 3.14. The average Bonchev–Trinajstić information content (AvgIpc) is 2.28. The van der Waals surface area contributed by atoms with Gasteiger partial charge in [-0.2, -0.15) is 0 Å². The van der Waals surface area contributed by atoms with Crippen molar-refractivity contribution in [1.82, 2.24) is 0 Å². The summed E-state index contributed by atoms with van der Waals surface area (Å²) >= 11 is 0. The smallest absolute Gasteiger partial charge is 0.306 e. The molecular formula is C15H24O3. The SMILES string of the molecule is COC(=O)C[C@H]1C=C(C)CC[C@H]1C(C)(C)C(C)=O. The molecule has 0 saturated heterocycles. The number of allylic oxidation sites excluding steroid dienone is 2. The van der Waals surface area contributed by atoms with Gasteiger partial charge >= 0.3 is 5.97 Å². The molecule has 1 aliphatic rings. The lowest BCUT2D eigenvalue weighted by molar-refractivity contribution is -0.143. The molecule has 2 atom stereocenters. The molecular weight excluding hydrogens is 228 g/mol. The topological polar surface area (TPSA) is 43.4 Å². The maximum Gasteiger partial charge on any atom is 0.306 e. The Morgan fingerprint density at radius 3 is 2.56 bits per heavy atom.